The number of benzene rings is 1. The Morgan fingerprint density at radius 1 is 1.29 bits per heavy atom. The van der Waals surface area contributed by atoms with E-state index >= 15 is 0 Å². The molecule has 0 radical (unpaired) electrons. The van der Waals surface area contributed by atoms with E-state index in [1.165, 1.54) is 18.4 Å². The number of nitrogens with zero attached hydrogens (tertiary/aromatic N) is 1. The normalized spacial score (nSPS) is 10.0. The number of nitrogens with one attached hydrogen (secondary N) is 2. The van der Waals surface area contributed by atoms with Gasteiger partial charge in [-0.1, -0.05) is 12.1 Å². The molecule has 0 aliphatic heterocycles. The van der Waals surface area contributed by atoms with Crippen molar-refractivity contribution < 1.29 is 9.21 Å². The Kier molecular flexibility index (Phi) is 4.85. The van der Waals surface area contributed by atoms with Gasteiger partial charge in [0.2, 0.25) is 5.91 Å². The molecule has 0 bridgehead atoms. The lowest BCUT2D eigenvalue weighted by molar-refractivity contribution is -0.115. The third-order valence-electron chi connectivity index (χ3n) is 2.47. The van der Waals surface area contributed by atoms with Crippen molar-refractivity contribution in [2.24, 2.45) is 0 Å². The Hall–Kier alpha value is -2.91. The van der Waals surface area contributed by atoms with Gasteiger partial charge in [-0.15, -0.1) is 0 Å². The molecule has 0 saturated heterocycles. The fourth-order valence-electron chi connectivity index (χ4n) is 1.54. The number of rotatable bonds is 3. The molecule has 1 aromatic heterocycles. The number of amides is 1. The van der Waals surface area contributed by atoms with E-state index in [0.717, 1.165) is 0 Å². The van der Waals surface area contributed by atoms with E-state index in [0.29, 0.717) is 17.0 Å². The fourth-order valence-corrected chi connectivity index (χ4v) is 1.75. The first kappa shape index (κ1) is 14.5. The predicted octanol–water partition coefficient (Wildman–Crippen LogP) is 2.68. The number of hydrogen-bond donors (Lipinski definition) is 2. The number of furan rings is 1. The largest absolute Gasteiger partial charge is 0.465 e. The van der Waals surface area contributed by atoms with Gasteiger partial charge in [0.15, 0.2) is 5.11 Å². The molecule has 0 aliphatic carbocycles. The van der Waals surface area contributed by atoms with Gasteiger partial charge in [-0.05, 0) is 42.6 Å². The molecule has 5 nitrogen and oxygen atoms in total. The summed E-state index contributed by atoms with van der Waals surface area (Å²) < 4.78 is 5.06. The summed E-state index contributed by atoms with van der Waals surface area (Å²) in [5, 5.41) is 14.4. The molecule has 2 N–H and O–H groups in total. The van der Waals surface area contributed by atoms with Crippen LogP contribution in [0.4, 0.5) is 5.69 Å². The van der Waals surface area contributed by atoms with Crippen LogP contribution in [0.3, 0.4) is 0 Å². The Balaban J connectivity index is 1.93. The second kappa shape index (κ2) is 7.03. The zero-order chi connectivity index (χ0) is 15.1. The Labute approximate surface area is 126 Å². The Bertz CT molecular complexity index is 715. The van der Waals surface area contributed by atoms with Crippen LogP contribution in [0.5, 0.6) is 0 Å². The standard InChI is InChI=1S/C15H11N3O2S/c16-10-11-4-1-2-6-13(11)17-15(21)18-14(19)8-7-12-5-3-9-20-12/h1-9H,(H2,17,18,19,21). The highest BCUT2D eigenvalue weighted by Crippen LogP contribution is 2.13. The summed E-state index contributed by atoms with van der Waals surface area (Å²) in [6.07, 6.45) is 4.35. The van der Waals surface area contributed by atoms with Crippen LogP contribution in [-0.2, 0) is 4.79 Å². The van der Waals surface area contributed by atoms with Crippen molar-refractivity contribution in [1.82, 2.24) is 5.32 Å². The van der Waals surface area contributed by atoms with E-state index < -0.39 is 5.91 Å². The highest BCUT2D eigenvalue weighted by Gasteiger charge is 2.05. The summed E-state index contributed by atoms with van der Waals surface area (Å²) in [6, 6.07) is 12.4. The molecular weight excluding hydrogens is 286 g/mol. The maximum Gasteiger partial charge on any atom is 0.250 e. The first-order valence-corrected chi connectivity index (χ1v) is 6.42. The zero-order valence-electron chi connectivity index (χ0n) is 10.9. The van der Waals surface area contributed by atoms with Crippen LogP contribution in [0.15, 0.2) is 53.2 Å². The van der Waals surface area contributed by atoms with Crippen molar-refractivity contribution in [2.45, 2.75) is 0 Å². The molecule has 1 amide bonds. The van der Waals surface area contributed by atoms with Crippen molar-refractivity contribution in [3.05, 3.63) is 60.1 Å². The van der Waals surface area contributed by atoms with Crippen LogP contribution in [0, 0.1) is 11.3 Å². The number of anilines is 1. The van der Waals surface area contributed by atoms with Gasteiger partial charge in [-0.3, -0.25) is 10.1 Å². The van der Waals surface area contributed by atoms with Crippen molar-refractivity contribution in [3.63, 3.8) is 0 Å². The SMILES string of the molecule is N#Cc1ccccc1NC(=S)NC(=O)C=Cc1ccco1. The molecule has 1 aromatic carbocycles. The number of carbonyl (C=O) groups excluding carboxylic acids is 1. The highest BCUT2D eigenvalue weighted by molar-refractivity contribution is 7.80. The third-order valence-corrected chi connectivity index (χ3v) is 2.68. The quantitative estimate of drug-likeness (QED) is 0.672. The van der Waals surface area contributed by atoms with Crippen molar-refractivity contribution in [2.75, 3.05) is 5.32 Å². The van der Waals surface area contributed by atoms with Crippen LogP contribution >= 0.6 is 12.2 Å². The molecule has 0 spiro atoms. The van der Waals surface area contributed by atoms with Gasteiger partial charge in [-0.25, -0.2) is 0 Å². The summed E-state index contributed by atoms with van der Waals surface area (Å²) in [7, 11) is 0. The first-order chi connectivity index (χ1) is 10.2. The van der Waals surface area contributed by atoms with Gasteiger partial charge in [0.1, 0.15) is 11.8 Å². The second-order valence-corrected chi connectivity index (χ2v) is 4.36. The lowest BCUT2D eigenvalue weighted by atomic mass is 10.2. The summed E-state index contributed by atoms with van der Waals surface area (Å²) in [6.45, 7) is 0. The van der Waals surface area contributed by atoms with Crippen molar-refractivity contribution >= 4 is 35.0 Å². The number of nitriles is 1. The minimum Gasteiger partial charge on any atom is -0.465 e. The highest BCUT2D eigenvalue weighted by atomic mass is 32.1. The van der Waals surface area contributed by atoms with E-state index in [-0.39, 0.29) is 5.11 Å². The number of para-hydroxylation sites is 1. The molecular formula is C15H11N3O2S. The minimum atomic E-state index is -0.390. The van der Waals surface area contributed by atoms with Gasteiger partial charge in [0.25, 0.3) is 0 Å². The van der Waals surface area contributed by atoms with Crippen molar-refractivity contribution in [1.29, 1.82) is 5.26 Å². The summed E-state index contributed by atoms with van der Waals surface area (Å²) in [4.78, 5) is 11.7. The van der Waals surface area contributed by atoms with E-state index in [1.807, 2.05) is 6.07 Å². The predicted molar refractivity (Wildman–Crippen MR) is 83.3 cm³/mol. The first-order valence-electron chi connectivity index (χ1n) is 6.02. The lowest BCUT2D eigenvalue weighted by Crippen LogP contribution is -2.33. The van der Waals surface area contributed by atoms with E-state index in [4.69, 9.17) is 21.9 Å². The maximum absolute atomic E-state index is 11.7. The van der Waals surface area contributed by atoms with Gasteiger partial charge >= 0.3 is 0 Å². The summed E-state index contributed by atoms with van der Waals surface area (Å²) >= 11 is 5.02. The van der Waals surface area contributed by atoms with E-state index in [9.17, 15) is 4.79 Å². The fraction of sp³-hybridized carbons (Fsp3) is 0. The molecule has 0 aliphatic rings. The van der Waals surface area contributed by atoms with Gasteiger partial charge in [0.05, 0.1) is 17.5 Å². The zero-order valence-corrected chi connectivity index (χ0v) is 11.7. The number of hydrogen-bond acceptors (Lipinski definition) is 4. The monoisotopic (exact) mass is 297 g/mol. The molecule has 104 valence electrons. The second-order valence-electron chi connectivity index (χ2n) is 3.95. The molecule has 2 aromatic rings. The molecule has 6 heteroatoms. The Morgan fingerprint density at radius 2 is 2.10 bits per heavy atom. The maximum atomic E-state index is 11.7. The summed E-state index contributed by atoms with van der Waals surface area (Å²) in [5.41, 5.74) is 0.987. The van der Waals surface area contributed by atoms with Gasteiger partial charge in [0, 0.05) is 6.08 Å². The topological polar surface area (TPSA) is 78.1 Å². The van der Waals surface area contributed by atoms with Gasteiger partial charge in [-0.2, -0.15) is 5.26 Å². The van der Waals surface area contributed by atoms with Crippen LogP contribution in [0.25, 0.3) is 6.08 Å². The van der Waals surface area contributed by atoms with Crippen LogP contribution < -0.4 is 10.6 Å². The third kappa shape index (κ3) is 4.30. The average molecular weight is 297 g/mol. The summed E-state index contributed by atoms with van der Waals surface area (Å²) in [5.74, 6) is 0.178. The molecule has 0 atom stereocenters. The lowest BCUT2D eigenvalue weighted by Gasteiger charge is -2.09. The van der Waals surface area contributed by atoms with E-state index in [1.54, 1.807) is 36.4 Å². The van der Waals surface area contributed by atoms with Crippen molar-refractivity contribution in [3.8, 4) is 6.07 Å². The van der Waals surface area contributed by atoms with Crippen LogP contribution in [0.1, 0.15) is 11.3 Å². The molecule has 0 unspecified atom stereocenters. The average Bonchev–Trinajstić information content (AvgIpc) is 2.99. The molecule has 21 heavy (non-hydrogen) atoms. The molecule has 2 rings (SSSR count). The Morgan fingerprint density at radius 3 is 2.81 bits per heavy atom. The van der Waals surface area contributed by atoms with E-state index in [2.05, 4.69) is 10.6 Å². The van der Waals surface area contributed by atoms with Crippen LogP contribution in [0.2, 0.25) is 0 Å². The minimum absolute atomic E-state index is 0.117. The smallest absolute Gasteiger partial charge is 0.250 e. The number of thiocarbonyl (C=S) groups is 1. The molecule has 0 fully saturated rings. The van der Waals surface area contributed by atoms with Crippen LogP contribution in [-0.4, -0.2) is 11.0 Å². The van der Waals surface area contributed by atoms with Gasteiger partial charge < -0.3 is 9.73 Å². The molecule has 1 heterocycles. The number of carbonyl (C=O) groups is 1. The molecule has 0 saturated carbocycles.